The number of nitrogens with zero attached hydrogens (tertiary/aromatic N) is 4. The first kappa shape index (κ1) is 23.5. The van der Waals surface area contributed by atoms with E-state index in [9.17, 15) is 4.79 Å². The van der Waals surface area contributed by atoms with E-state index in [0.29, 0.717) is 18.8 Å². The Balaban J connectivity index is 1.60. The van der Waals surface area contributed by atoms with E-state index in [0.717, 1.165) is 61.3 Å². The van der Waals surface area contributed by atoms with Crippen molar-refractivity contribution in [2.45, 2.75) is 39.4 Å². The van der Waals surface area contributed by atoms with E-state index in [1.807, 2.05) is 15.6 Å². The molecule has 0 radical (unpaired) electrons. The molecule has 174 valence electrons. The van der Waals surface area contributed by atoms with E-state index in [1.54, 1.807) is 6.20 Å². The predicted octanol–water partition coefficient (Wildman–Crippen LogP) is 5.02. The maximum absolute atomic E-state index is 13.7. The van der Waals surface area contributed by atoms with Gasteiger partial charge in [0.15, 0.2) is 0 Å². The van der Waals surface area contributed by atoms with Crippen molar-refractivity contribution >= 4 is 27.5 Å². The van der Waals surface area contributed by atoms with Crippen molar-refractivity contribution in [2.75, 3.05) is 31.5 Å². The van der Waals surface area contributed by atoms with Gasteiger partial charge in [0.25, 0.3) is 5.91 Å². The molecule has 0 aliphatic carbocycles. The summed E-state index contributed by atoms with van der Waals surface area (Å²) in [5.74, 6) is 0.0331. The van der Waals surface area contributed by atoms with Gasteiger partial charge in [-0.2, -0.15) is 5.10 Å². The van der Waals surface area contributed by atoms with Crippen LogP contribution >= 0.6 is 15.9 Å². The van der Waals surface area contributed by atoms with Gasteiger partial charge in [0.05, 0.1) is 0 Å². The summed E-state index contributed by atoms with van der Waals surface area (Å²) < 4.78 is 2.85. The van der Waals surface area contributed by atoms with Crippen molar-refractivity contribution in [3.63, 3.8) is 0 Å². The molecule has 0 fully saturated rings. The lowest BCUT2D eigenvalue weighted by molar-refractivity contribution is 0.0707. The van der Waals surface area contributed by atoms with Crippen LogP contribution in [0.5, 0.6) is 0 Å². The Morgan fingerprint density at radius 2 is 1.94 bits per heavy atom. The average molecular weight is 510 g/mol. The maximum Gasteiger partial charge on any atom is 0.272 e. The summed E-state index contributed by atoms with van der Waals surface area (Å²) in [6, 6.07) is 18.7. The third-order valence-corrected chi connectivity index (χ3v) is 6.48. The fourth-order valence-corrected chi connectivity index (χ4v) is 4.70. The number of carbonyl (C=O) groups excluding carboxylic acids is 1. The minimum absolute atomic E-state index is 0.0331. The van der Waals surface area contributed by atoms with Crippen molar-refractivity contribution in [1.29, 1.82) is 0 Å². The molecule has 1 aromatic heterocycles. The second-order valence-corrected chi connectivity index (χ2v) is 9.43. The van der Waals surface area contributed by atoms with E-state index in [-0.39, 0.29) is 5.91 Å². The molecule has 2 heterocycles. The Bertz CT molecular complexity index is 1050. The summed E-state index contributed by atoms with van der Waals surface area (Å²) in [4.78, 5) is 18.1. The normalized spacial score (nSPS) is 15.4. The summed E-state index contributed by atoms with van der Waals surface area (Å²) in [6.07, 6.45) is 3.70. The van der Waals surface area contributed by atoms with Gasteiger partial charge in [-0.05, 0) is 48.2 Å². The summed E-state index contributed by atoms with van der Waals surface area (Å²) in [5, 5.41) is 7.98. The monoisotopic (exact) mass is 509 g/mol. The third kappa shape index (κ3) is 6.24. The first-order chi connectivity index (χ1) is 16.1. The zero-order chi connectivity index (χ0) is 23.0. The number of hydrogen-bond acceptors (Lipinski definition) is 4. The van der Waals surface area contributed by atoms with Crippen LogP contribution in [0.3, 0.4) is 0 Å². The van der Waals surface area contributed by atoms with Crippen molar-refractivity contribution in [1.82, 2.24) is 19.6 Å². The number of hydrogen-bond donors (Lipinski definition) is 1. The van der Waals surface area contributed by atoms with Crippen molar-refractivity contribution in [3.8, 4) is 0 Å². The average Bonchev–Trinajstić information content (AvgIpc) is 3.27. The molecule has 1 N–H and O–H groups in total. The first-order valence-corrected chi connectivity index (χ1v) is 12.5. The predicted molar refractivity (Wildman–Crippen MR) is 136 cm³/mol. The van der Waals surface area contributed by atoms with Gasteiger partial charge in [0.2, 0.25) is 0 Å². The van der Waals surface area contributed by atoms with E-state index >= 15 is 0 Å². The number of anilines is 1. The molecule has 0 saturated heterocycles. The highest BCUT2D eigenvalue weighted by molar-refractivity contribution is 9.10. The molecule has 0 saturated carbocycles. The second-order valence-electron chi connectivity index (χ2n) is 8.51. The zero-order valence-electron chi connectivity index (χ0n) is 19.2. The number of fused-ring (bicyclic) bond motifs is 1. The first-order valence-electron chi connectivity index (χ1n) is 11.7. The number of halogens is 1. The summed E-state index contributed by atoms with van der Waals surface area (Å²) in [7, 11) is 0. The van der Waals surface area contributed by atoms with E-state index in [1.165, 1.54) is 5.56 Å². The molecule has 0 unspecified atom stereocenters. The van der Waals surface area contributed by atoms with Crippen LogP contribution < -0.4 is 5.32 Å². The number of aryl methyl sites for hydroxylation is 1. The highest BCUT2D eigenvalue weighted by Crippen LogP contribution is 2.24. The topological polar surface area (TPSA) is 53.4 Å². The minimum Gasteiger partial charge on any atom is -0.385 e. The maximum atomic E-state index is 13.7. The molecule has 1 aliphatic rings. The lowest BCUT2D eigenvalue weighted by atomic mass is 10.1. The molecule has 0 atom stereocenters. The molecular weight excluding hydrogens is 478 g/mol. The van der Waals surface area contributed by atoms with E-state index in [4.69, 9.17) is 0 Å². The van der Waals surface area contributed by atoms with Crippen LogP contribution in [0, 0.1) is 0 Å². The number of benzene rings is 2. The smallest absolute Gasteiger partial charge is 0.272 e. The number of aromatic nitrogens is 2. The third-order valence-electron chi connectivity index (χ3n) is 5.99. The molecule has 0 spiro atoms. The second kappa shape index (κ2) is 11.5. The molecule has 6 nitrogen and oxygen atoms in total. The largest absolute Gasteiger partial charge is 0.385 e. The van der Waals surface area contributed by atoms with E-state index in [2.05, 4.69) is 86.7 Å². The fourth-order valence-electron chi connectivity index (χ4n) is 4.29. The SMILES string of the molecule is CCCn1nccc1C(=O)N1CCN(Cc2ccccc2)CCCNc2ccc(Br)cc2C1. The van der Waals surface area contributed by atoms with Crippen LogP contribution in [-0.4, -0.2) is 51.7 Å². The van der Waals surface area contributed by atoms with Gasteiger partial charge in [-0.1, -0.05) is 53.2 Å². The minimum atomic E-state index is 0.0331. The van der Waals surface area contributed by atoms with Gasteiger partial charge >= 0.3 is 0 Å². The van der Waals surface area contributed by atoms with Crippen LogP contribution in [-0.2, 0) is 19.6 Å². The molecule has 4 rings (SSSR count). The van der Waals surface area contributed by atoms with Crippen LogP contribution in [0.2, 0.25) is 0 Å². The standard InChI is InChI=1S/C26H32BrN5O/c1-2-14-32-25(11-13-29-32)26(33)31-17-16-30(19-21-7-4-3-5-8-21)15-6-12-28-24-10-9-23(27)18-22(24)20-31/h3-5,7-11,13,18,28H,2,6,12,14-17,19-20H2,1H3. The molecule has 33 heavy (non-hydrogen) atoms. The quantitative estimate of drug-likeness (QED) is 0.524. The molecule has 1 amide bonds. The fraction of sp³-hybridized carbons (Fsp3) is 0.385. The van der Waals surface area contributed by atoms with Gasteiger partial charge in [-0.3, -0.25) is 14.4 Å². The molecule has 3 aromatic rings. The number of amides is 1. The van der Waals surface area contributed by atoms with Gasteiger partial charge in [0.1, 0.15) is 5.69 Å². The van der Waals surface area contributed by atoms with Crippen LogP contribution in [0.4, 0.5) is 5.69 Å². The van der Waals surface area contributed by atoms with Crippen molar-refractivity contribution < 1.29 is 4.79 Å². The number of carbonyl (C=O) groups is 1. The highest BCUT2D eigenvalue weighted by Gasteiger charge is 2.22. The van der Waals surface area contributed by atoms with Crippen LogP contribution in [0.15, 0.2) is 65.3 Å². The molecule has 1 aliphatic heterocycles. The molecule has 7 heteroatoms. The Kier molecular flexibility index (Phi) is 8.18. The van der Waals surface area contributed by atoms with E-state index < -0.39 is 0 Å². The number of nitrogens with one attached hydrogen (secondary N) is 1. The van der Waals surface area contributed by atoms with Gasteiger partial charge < -0.3 is 10.2 Å². The Morgan fingerprint density at radius 1 is 1.09 bits per heavy atom. The summed E-state index contributed by atoms with van der Waals surface area (Å²) in [5.41, 5.74) is 4.17. The van der Waals surface area contributed by atoms with Crippen LogP contribution in [0.1, 0.15) is 41.4 Å². The van der Waals surface area contributed by atoms with Crippen LogP contribution in [0.25, 0.3) is 0 Å². The number of rotatable bonds is 5. The van der Waals surface area contributed by atoms with Gasteiger partial charge in [0, 0.05) is 62.2 Å². The molecular formula is C26H32BrN5O. The lowest BCUT2D eigenvalue weighted by Gasteiger charge is -2.28. The molecule has 0 bridgehead atoms. The highest BCUT2D eigenvalue weighted by atomic mass is 79.9. The van der Waals surface area contributed by atoms with Crippen molar-refractivity contribution in [3.05, 3.63) is 82.1 Å². The Morgan fingerprint density at radius 3 is 2.76 bits per heavy atom. The molecule has 2 aromatic carbocycles. The Labute approximate surface area is 204 Å². The van der Waals surface area contributed by atoms with Gasteiger partial charge in [-0.15, -0.1) is 0 Å². The summed E-state index contributed by atoms with van der Waals surface area (Å²) >= 11 is 3.61. The summed E-state index contributed by atoms with van der Waals surface area (Å²) in [6.45, 7) is 7.64. The zero-order valence-corrected chi connectivity index (χ0v) is 20.8. The Hall–Kier alpha value is -2.64. The van der Waals surface area contributed by atoms with Gasteiger partial charge in [-0.25, -0.2) is 0 Å². The van der Waals surface area contributed by atoms with Crippen molar-refractivity contribution in [2.24, 2.45) is 0 Å². The lowest BCUT2D eigenvalue weighted by Crippen LogP contribution is -2.39.